The molecular weight excluding hydrogens is 434 g/mol. The number of carbonyl (C=O) groups is 1. The average Bonchev–Trinajstić information content (AvgIpc) is 3.40. The summed E-state index contributed by atoms with van der Waals surface area (Å²) < 4.78 is 41.2. The van der Waals surface area contributed by atoms with Crippen molar-refractivity contribution in [3.8, 4) is 17.4 Å². The van der Waals surface area contributed by atoms with Crippen molar-refractivity contribution in [1.29, 1.82) is 0 Å². The zero-order valence-corrected chi connectivity index (χ0v) is 18.3. The van der Waals surface area contributed by atoms with Gasteiger partial charge >= 0.3 is 6.01 Å². The lowest BCUT2D eigenvalue weighted by Gasteiger charge is -2.05. The van der Waals surface area contributed by atoms with Crippen LogP contribution in [0.4, 0.5) is 6.01 Å². The Morgan fingerprint density at radius 3 is 2.62 bits per heavy atom. The van der Waals surface area contributed by atoms with Crippen molar-refractivity contribution in [2.75, 3.05) is 18.2 Å². The maximum atomic E-state index is 12.4. The summed E-state index contributed by atoms with van der Waals surface area (Å²) in [5, 5.41) is 11.0. The molecule has 0 aliphatic carbocycles. The molecule has 1 amide bonds. The quantitative estimate of drug-likeness (QED) is 0.423. The summed E-state index contributed by atoms with van der Waals surface area (Å²) in [4.78, 5) is 12.4. The number of nitrogens with zero attached hydrogens (tertiary/aromatic N) is 2. The van der Waals surface area contributed by atoms with Crippen molar-refractivity contribution in [3.05, 3.63) is 54.1 Å². The largest absolute Gasteiger partial charge is 0.493 e. The highest BCUT2D eigenvalue weighted by molar-refractivity contribution is 7.91. The summed E-state index contributed by atoms with van der Waals surface area (Å²) >= 11 is 0. The first-order valence-corrected chi connectivity index (χ1v) is 11.5. The predicted molar refractivity (Wildman–Crippen MR) is 117 cm³/mol. The van der Waals surface area contributed by atoms with E-state index in [4.69, 9.17) is 13.6 Å². The molecule has 1 N–H and O–H groups in total. The van der Waals surface area contributed by atoms with Gasteiger partial charge < -0.3 is 13.6 Å². The van der Waals surface area contributed by atoms with Gasteiger partial charge in [0.1, 0.15) is 0 Å². The van der Waals surface area contributed by atoms with Crippen LogP contribution in [0.3, 0.4) is 0 Å². The average molecular weight is 455 g/mol. The minimum Gasteiger partial charge on any atom is -0.493 e. The lowest BCUT2D eigenvalue weighted by atomic mass is 10.2. The summed E-state index contributed by atoms with van der Waals surface area (Å²) in [5.74, 6) is 0.439. The molecule has 4 rings (SSSR count). The number of rotatable bonds is 8. The first kappa shape index (κ1) is 21.6. The van der Waals surface area contributed by atoms with Gasteiger partial charge in [-0.25, -0.2) is 8.42 Å². The molecule has 0 bridgehead atoms. The molecule has 0 saturated heterocycles. The normalized spacial score (nSPS) is 11.6. The van der Waals surface area contributed by atoms with Gasteiger partial charge in [0.25, 0.3) is 5.89 Å². The second-order valence-electron chi connectivity index (χ2n) is 7.19. The second-order valence-corrected chi connectivity index (χ2v) is 9.29. The fraction of sp³-hybridized carbons (Fsp3) is 0.227. The van der Waals surface area contributed by atoms with E-state index in [1.54, 1.807) is 43.5 Å². The Morgan fingerprint density at radius 2 is 1.88 bits per heavy atom. The number of ether oxygens (including phenoxy) is 1. The van der Waals surface area contributed by atoms with E-state index in [-0.39, 0.29) is 35.4 Å². The number of aryl methyl sites for hydroxylation is 1. The highest BCUT2D eigenvalue weighted by Crippen LogP contribution is 2.33. The van der Waals surface area contributed by atoms with Crippen molar-refractivity contribution in [3.63, 3.8) is 0 Å². The lowest BCUT2D eigenvalue weighted by Crippen LogP contribution is -2.14. The van der Waals surface area contributed by atoms with E-state index in [2.05, 4.69) is 15.5 Å². The van der Waals surface area contributed by atoms with Crippen molar-refractivity contribution >= 4 is 32.7 Å². The first-order valence-electron chi connectivity index (χ1n) is 9.85. The SMILES string of the molecule is COc1cccc2cc(-c3nnc(NC(=O)CCCS(=O)(=O)c4ccc(C)cc4)o3)oc12. The van der Waals surface area contributed by atoms with E-state index in [0.717, 1.165) is 10.9 Å². The number of carbonyl (C=O) groups excluding carboxylic acids is 1. The number of anilines is 1. The zero-order valence-electron chi connectivity index (χ0n) is 17.5. The summed E-state index contributed by atoms with van der Waals surface area (Å²) in [6.45, 7) is 1.88. The van der Waals surface area contributed by atoms with E-state index in [1.807, 2.05) is 19.1 Å². The standard InChI is InChI=1S/C22H21N3O6S/c1-14-8-10-16(11-9-14)32(27,28)12-4-7-19(26)23-22-25-24-21(31-22)18-13-15-5-3-6-17(29-2)20(15)30-18/h3,5-6,8-11,13H,4,7,12H2,1-2H3,(H,23,25,26). The van der Waals surface area contributed by atoms with Gasteiger partial charge in [0.15, 0.2) is 26.9 Å². The highest BCUT2D eigenvalue weighted by Gasteiger charge is 2.18. The monoisotopic (exact) mass is 455 g/mol. The van der Waals surface area contributed by atoms with Crippen molar-refractivity contribution < 1.29 is 26.8 Å². The third-order valence-corrected chi connectivity index (χ3v) is 6.62. The number of aromatic nitrogens is 2. The number of para-hydroxylation sites is 1. The summed E-state index contributed by atoms with van der Waals surface area (Å²) in [5.41, 5.74) is 1.52. The highest BCUT2D eigenvalue weighted by atomic mass is 32.2. The minimum atomic E-state index is -3.45. The van der Waals surface area contributed by atoms with E-state index in [0.29, 0.717) is 17.1 Å². The number of hydrogen-bond donors (Lipinski definition) is 1. The molecule has 10 heteroatoms. The Balaban J connectivity index is 1.35. The van der Waals surface area contributed by atoms with Gasteiger partial charge in [-0.05, 0) is 37.6 Å². The molecule has 2 aromatic heterocycles. The molecule has 4 aromatic rings. The number of amides is 1. The van der Waals surface area contributed by atoms with Crippen molar-refractivity contribution in [1.82, 2.24) is 10.2 Å². The van der Waals surface area contributed by atoms with Crippen LogP contribution in [0.1, 0.15) is 18.4 Å². The Kier molecular flexibility index (Phi) is 5.95. The van der Waals surface area contributed by atoms with Crippen LogP contribution >= 0.6 is 0 Å². The number of benzene rings is 2. The molecular formula is C22H21N3O6S. The van der Waals surface area contributed by atoms with Crippen LogP contribution < -0.4 is 10.1 Å². The molecule has 0 spiro atoms. The Hall–Kier alpha value is -3.66. The van der Waals surface area contributed by atoms with Crippen LogP contribution in [0, 0.1) is 6.92 Å². The zero-order chi connectivity index (χ0) is 22.7. The third kappa shape index (κ3) is 4.65. The maximum absolute atomic E-state index is 12.4. The van der Waals surface area contributed by atoms with Crippen LogP contribution in [-0.2, 0) is 14.6 Å². The van der Waals surface area contributed by atoms with E-state index >= 15 is 0 Å². The number of sulfone groups is 1. The number of hydrogen-bond acceptors (Lipinski definition) is 8. The maximum Gasteiger partial charge on any atom is 0.322 e. The molecule has 0 radical (unpaired) electrons. The molecule has 2 heterocycles. The minimum absolute atomic E-state index is 0.00928. The van der Waals surface area contributed by atoms with Gasteiger partial charge in [-0.3, -0.25) is 10.1 Å². The van der Waals surface area contributed by atoms with Gasteiger partial charge in [0.2, 0.25) is 5.91 Å². The van der Waals surface area contributed by atoms with E-state index < -0.39 is 15.7 Å². The van der Waals surface area contributed by atoms with Crippen LogP contribution in [0.5, 0.6) is 5.75 Å². The van der Waals surface area contributed by atoms with Crippen molar-refractivity contribution in [2.45, 2.75) is 24.7 Å². The van der Waals surface area contributed by atoms with Crippen LogP contribution in [-0.4, -0.2) is 37.4 Å². The predicted octanol–water partition coefficient (Wildman–Crippen LogP) is 3.99. The molecule has 2 aromatic carbocycles. The molecule has 0 aliphatic heterocycles. The summed E-state index contributed by atoms with van der Waals surface area (Å²) in [6, 6.07) is 13.7. The molecule has 9 nitrogen and oxygen atoms in total. The van der Waals surface area contributed by atoms with E-state index in [9.17, 15) is 13.2 Å². The summed E-state index contributed by atoms with van der Waals surface area (Å²) in [7, 11) is -1.91. The Morgan fingerprint density at radius 1 is 1.09 bits per heavy atom. The number of fused-ring (bicyclic) bond motifs is 1. The molecule has 0 aliphatic rings. The molecule has 0 saturated carbocycles. The molecule has 0 fully saturated rings. The van der Waals surface area contributed by atoms with Gasteiger partial charge in [0, 0.05) is 11.8 Å². The Bertz CT molecular complexity index is 1360. The van der Waals surface area contributed by atoms with Gasteiger partial charge in [-0.15, -0.1) is 5.10 Å². The number of nitrogens with one attached hydrogen (secondary N) is 1. The molecule has 32 heavy (non-hydrogen) atoms. The fourth-order valence-electron chi connectivity index (χ4n) is 3.14. The second kappa shape index (κ2) is 8.83. The van der Waals surface area contributed by atoms with E-state index in [1.165, 1.54) is 0 Å². The van der Waals surface area contributed by atoms with Crippen LogP contribution in [0.15, 0.2) is 62.3 Å². The van der Waals surface area contributed by atoms with Gasteiger partial charge in [-0.1, -0.05) is 34.9 Å². The molecule has 166 valence electrons. The van der Waals surface area contributed by atoms with Crippen LogP contribution in [0.25, 0.3) is 22.6 Å². The molecule has 0 atom stereocenters. The van der Waals surface area contributed by atoms with Crippen LogP contribution in [0.2, 0.25) is 0 Å². The number of furan rings is 1. The topological polar surface area (TPSA) is 125 Å². The fourth-order valence-corrected chi connectivity index (χ4v) is 4.45. The first-order chi connectivity index (χ1) is 15.4. The third-order valence-electron chi connectivity index (χ3n) is 4.81. The van der Waals surface area contributed by atoms with Gasteiger partial charge in [0.05, 0.1) is 17.8 Å². The summed E-state index contributed by atoms with van der Waals surface area (Å²) in [6.07, 6.45) is 0.150. The Labute approximate surface area is 184 Å². The molecule has 0 unspecified atom stereocenters. The van der Waals surface area contributed by atoms with Crippen molar-refractivity contribution in [2.24, 2.45) is 0 Å². The number of methoxy groups -OCH3 is 1. The smallest absolute Gasteiger partial charge is 0.322 e. The lowest BCUT2D eigenvalue weighted by molar-refractivity contribution is -0.116. The van der Waals surface area contributed by atoms with Gasteiger partial charge in [-0.2, -0.15) is 0 Å².